The van der Waals surface area contributed by atoms with Gasteiger partial charge in [0.1, 0.15) is 6.33 Å². The van der Waals surface area contributed by atoms with Crippen LogP contribution in [-0.4, -0.2) is 90.2 Å². The van der Waals surface area contributed by atoms with Crippen molar-refractivity contribution in [1.29, 1.82) is 0 Å². The van der Waals surface area contributed by atoms with Crippen LogP contribution in [-0.2, 0) is 9.53 Å². The minimum Gasteiger partial charge on any atom is -0.387 e. The third kappa shape index (κ3) is 3.71. The lowest BCUT2D eigenvalue weighted by Gasteiger charge is -2.38. The SMILES string of the molecule is CC1=C(N2CCC3(CCN(C[C@H](O)c4ccc(-n5cnnn5)nc4)CC3)C2=O)COC1O. The Bertz CT molecular complexity index is 1000. The first kappa shape index (κ1) is 21.1. The summed E-state index contributed by atoms with van der Waals surface area (Å²) < 4.78 is 6.74. The summed E-state index contributed by atoms with van der Waals surface area (Å²) in [5, 5.41) is 31.5. The van der Waals surface area contributed by atoms with Gasteiger partial charge in [0.25, 0.3) is 0 Å². The zero-order valence-electron chi connectivity index (χ0n) is 18.0. The average Bonchev–Trinajstić information content (AvgIpc) is 3.53. The fourth-order valence-electron chi connectivity index (χ4n) is 4.88. The first-order valence-corrected chi connectivity index (χ1v) is 10.9. The van der Waals surface area contributed by atoms with Crippen molar-refractivity contribution in [3.8, 4) is 5.82 Å². The molecule has 2 atom stereocenters. The van der Waals surface area contributed by atoms with Crippen LogP contribution < -0.4 is 0 Å². The summed E-state index contributed by atoms with van der Waals surface area (Å²) in [6.07, 6.45) is 3.88. The highest BCUT2D eigenvalue weighted by molar-refractivity contribution is 5.86. The maximum atomic E-state index is 13.3. The van der Waals surface area contributed by atoms with Gasteiger partial charge in [0, 0.05) is 30.4 Å². The molecule has 0 saturated carbocycles. The van der Waals surface area contributed by atoms with Crippen molar-refractivity contribution >= 4 is 5.91 Å². The average molecular weight is 441 g/mol. The van der Waals surface area contributed by atoms with E-state index in [2.05, 4.69) is 25.4 Å². The molecule has 2 aromatic heterocycles. The van der Waals surface area contributed by atoms with Crippen LogP contribution in [0.25, 0.3) is 5.82 Å². The topological polar surface area (TPSA) is 130 Å². The Morgan fingerprint density at radius 1 is 1.25 bits per heavy atom. The molecule has 1 amide bonds. The van der Waals surface area contributed by atoms with Gasteiger partial charge >= 0.3 is 0 Å². The van der Waals surface area contributed by atoms with Gasteiger partial charge in [0.05, 0.1) is 23.8 Å². The number of carbonyl (C=O) groups is 1. The van der Waals surface area contributed by atoms with E-state index in [4.69, 9.17) is 4.74 Å². The van der Waals surface area contributed by atoms with Crippen molar-refractivity contribution in [2.75, 3.05) is 32.8 Å². The number of piperidine rings is 1. The number of tetrazole rings is 1. The molecule has 2 fully saturated rings. The monoisotopic (exact) mass is 441 g/mol. The Balaban J connectivity index is 1.18. The normalized spacial score (nSPS) is 24.7. The first-order chi connectivity index (χ1) is 15.5. The minimum atomic E-state index is -0.908. The number of hydrogen-bond acceptors (Lipinski definition) is 9. The predicted octanol–water partition coefficient (Wildman–Crippen LogP) is 0.0278. The van der Waals surface area contributed by atoms with E-state index in [9.17, 15) is 15.0 Å². The van der Waals surface area contributed by atoms with E-state index in [0.29, 0.717) is 18.9 Å². The molecule has 0 aromatic carbocycles. The molecule has 32 heavy (non-hydrogen) atoms. The summed E-state index contributed by atoms with van der Waals surface area (Å²) in [4.78, 5) is 21.6. The highest BCUT2D eigenvalue weighted by Gasteiger charge is 2.49. The second-order valence-electron chi connectivity index (χ2n) is 8.80. The highest BCUT2D eigenvalue weighted by atomic mass is 16.6. The van der Waals surface area contributed by atoms with Gasteiger partial charge < -0.3 is 24.7 Å². The Kier molecular flexibility index (Phi) is 5.49. The number of amides is 1. The number of carbonyl (C=O) groups excluding carboxylic acids is 1. The van der Waals surface area contributed by atoms with E-state index in [1.807, 2.05) is 17.9 Å². The number of aliphatic hydroxyl groups is 2. The summed E-state index contributed by atoms with van der Waals surface area (Å²) in [6, 6.07) is 3.60. The lowest BCUT2D eigenvalue weighted by atomic mass is 9.77. The Labute approximate surface area is 185 Å². The molecule has 2 aromatic rings. The van der Waals surface area contributed by atoms with Crippen LogP contribution in [0.3, 0.4) is 0 Å². The lowest BCUT2D eigenvalue weighted by molar-refractivity contribution is -0.137. The molecule has 1 spiro atoms. The maximum Gasteiger partial charge on any atom is 0.233 e. The molecule has 0 bridgehead atoms. The number of β-amino-alcohol motifs (C(OH)–C–C–N with tert-alkyl or cyclic N) is 1. The molecule has 0 aliphatic carbocycles. The van der Waals surface area contributed by atoms with Crippen LogP contribution in [0.1, 0.15) is 37.9 Å². The zero-order valence-corrected chi connectivity index (χ0v) is 18.0. The van der Waals surface area contributed by atoms with Gasteiger partial charge in [0.15, 0.2) is 12.1 Å². The van der Waals surface area contributed by atoms with Crippen LogP contribution in [0.4, 0.5) is 0 Å². The highest BCUT2D eigenvalue weighted by Crippen LogP contribution is 2.44. The molecule has 5 heterocycles. The zero-order chi connectivity index (χ0) is 22.3. The molecule has 2 N–H and O–H groups in total. The Morgan fingerprint density at radius 2 is 2.03 bits per heavy atom. The predicted molar refractivity (Wildman–Crippen MR) is 111 cm³/mol. The van der Waals surface area contributed by atoms with E-state index < -0.39 is 12.4 Å². The molecule has 1 unspecified atom stereocenters. The van der Waals surface area contributed by atoms with Crippen LogP contribution >= 0.6 is 0 Å². The van der Waals surface area contributed by atoms with E-state index in [1.54, 1.807) is 12.3 Å². The van der Waals surface area contributed by atoms with E-state index in [-0.39, 0.29) is 17.9 Å². The quantitative estimate of drug-likeness (QED) is 0.660. The Morgan fingerprint density at radius 3 is 2.66 bits per heavy atom. The van der Waals surface area contributed by atoms with Crippen molar-refractivity contribution in [2.24, 2.45) is 5.41 Å². The summed E-state index contributed by atoms with van der Waals surface area (Å²) in [5.74, 6) is 0.729. The van der Waals surface area contributed by atoms with Gasteiger partial charge in [-0.3, -0.25) is 4.79 Å². The van der Waals surface area contributed by atoms with Crippen molar-refractivity contribution in [1.82, 2.24) is 35.0 Å². The molecule has 0 radical (unpaired) electrons. The molecule has 3 aliphatic rings. The molecule has 5 rings (SSSR count). The molecule has 170 valence electrons. The summed E-state index contributed by atoms with van der Waals surface area (Å²) in [5.41, 5.74) is 1.93. The number of pyridine rings is 1. The standard InChI is InChI=1S/C21H27N7O4/c1-14-16(12-32-19(14)30)27-9-6-21(20(27)31)4-7-26(8-5-21)11-17(29)15-2-3-18(22-10-15)28-13-23-24-25-28/h2-3,10,13,17,19,29-30H,4-9,11-12H2,1H3/t17-,19?/m0/s1. The van der Waals surface area contributed by atoms with Gasteiger partial charge in [-0.15, -0.1) is 5.10 Å². The van der Waals surface area contributed by atoms with Crippen molar-refractivity contribution in [3.05, 3.63) is 41.5 Å². The second kappa shape index (κ2) is 8.32. The molecule has 2 saturated heterocycles. The number of likely N-dealkylation sites (tertiary alicyclic amines) is 2. The number of hydrogen-bond donors (Lipinski definition) is 2. The van der Waals surface area contributed by atoms with Gasteiger partial charge in [-0.1, -0.05) is 6.07 Å². The summed E-state index contributed by atoms with van der Waals surface area (Å²) >= 11 is 0. The third-order valence-electron chi connectivity index (χ3n) is 7.03. The number of ether oxygens (including phenoxy) is 1. The second-order valence-corrected chi connectivity index (χ2v) is 8.80. The largest absolute Gasteiger partial charge is 0.387 e. The molecular weight excluding hydrogens is 414 g/mol. The van der Waals surface area contributed by atoms with Crippen LogP contribution in [0.15, 0.2) is 35.9 Å². The number of aliphatic hydroxyl groups excluding tert-OH is 2. The van der Waals surface area contributed by atoms with Crippen LogP contribution in [0.2, 0.25) is 0 Å². The molecule has 3 aliphatic heterocycles. The fraction of sp³-hybridized carbons (Fsp3) is 0.571. The van der Waals surface area contributed by atoms with Crippen LogP contribution in [0.5, 0.6) is 0 Å². The summed E-state index contributed by atoms with van der Waals surface area (Å²) in [6.45, 7) is 4.77. The lowest BCUT2D eigenvalue weighted by Crippen LogP contribution is -2.45. The van der Waals surface area contributed by atoms with Crippen molar-refractivity contribution < 1.29 is 19.7 Å². The van der Waals surface area contributed by atoms with Crippen molar-refractivity contribution in [2.45, 2.75) is 38.6 Å². The van der Waals surface area contributed by atoms with Gasteiger partial charge in [-0.05, 0) is 55.8 Å². The van der Waals surface area contributed by atoms with E-state index in [0.717, 1.165) is 49.2 Å². The van der Waals surface area contributed by atoms with Gasteiger partial charge in [-0.2, -0.15) is 4.68 Å². The molecule has 11 heteroatoms. The molecular formula is C21H27N7O4. The number of rotatable bonds is 5. The maximum absolute atomic E-state index is 13.3. The van der Waals surface area contributed by atoms with Crippen LogP contribution in [0, 0.1) is 5.41 Å². The van der Waals surface area contributed by atoms with E-state index >= 15 is 0 Å². The van der Waals surface area contributed by atoms with Crippen molar-refractivity contribution in [3.63, 3.8) is 0 Å². The minimum absolute atomic E-state index is 0.145. The Hall–Kier alpha value is -2.73. The third-order valence-corrected chi connectivity index (χ3v) is 7.03. The number of aromatic nitrogens is 5. The van der Waals surface area contributed by atoms with Gasteiger partial charge in [-0.25, -0.2) is 4.98 Å². The molecule has 11 nitrogen and oxygen atoms in total. The van der Waals surface area contributed by atoms with Gasteiger partial charge in [0.2, 0.25) is 5.91 Å². The fourth-order valence-corrected chi connectivity index (χ4v) is 4.88. The van der Waals surface area contributed by atoms with E-state index in [1.165, 1.54) is 11.0 Å². The number of nitrogens with zero attached hydrogens (tertiary/aromatic N) is 7. The summed E-state index contributed by atoms with van der Waals surface area (Å²) in [7, 11) is 0. The smallest absolute Gasteiger partial charge is 0.233 e. The first-order valence-electron chi connectivity index (χ1n) is 10.9.